The van der Waals surface area contributed by atoms with Crippen molar-refractivity contribution in [3.63, 3.8) is 0 Å². The zero-order chi connectivity index (χ0) is 15.8. The molecule has 0 aliphatic carbocycles. The van der Waals surface area contributed by atoms with Crippen LogP contribution in [0.25, 0.3) is 0 Å². The molecular weight excluding hydrogens is 314 g/mol. The van der Waals surface area contributed by atoms with Gasteiger partial charge < -0.3 is 11.5 Å². The number of amides is 1. The Hall–Kier alpha value is -1.31. The van der Waals surface area contributed by atoms with Crippen molar-refractivity contribution in [1.82, 2.24) is 4.31 Å². The van der Waals surface area contributed by atoms with Gasteiger partial charge in [0.1, 0.15) is 6.04 Å². The summed E-state index contributed by atoms with van der Waals surface area (Å²) in [5.41, 5.74) is 11.8. The van der Waals surface area contributed by atoms with Crippen molar-refractivity contribution in [3.05, 3.63) is 22.7 Å². The van der Waals surface area contributed by atoms with E-state index in [0.29, 0.717) is 24.1 Å². The standard InChI is InChI=1S/C13H18ClN3O3S/c1-8-10(15)6-9(14)7-12(8)21(19,20)17-5-3-2-4-11(17)13(16)18/h6-7,11H,2-5,15H2,1H3,(H2,16,18). The highest BCUT2D eigenvalue weighted by atomic mass is 35.5. The zero-order valence-corrected chi connectivity index (χ0v) is 13.2. The van der Waals surface area contributed by atoms with Crippen LogP contribution in [0.3, 0.4) is 0 Å². The maximum absolute atomic E-state index is 12.8. The van der Waals surface area contributed by atoms with E-state index in [1.165, 1.54) is 12.1 Å². The molecule has 0 aromatic heterocycles. The van der Waals surface area contributed by atoms with Crippen LogP contribution in [-0.2, 0) is 14.8 Å². The Morgan fingerprint density at radius 3 is 2.67 bits per heavy atom. The molecule has 1 aliphatic heterocycles. The van der Waals surface area contributed by atoms with Gasteiger partial charge in [-0.2, -0.15) is 4.31 Å². The Labute approximate surface area is 129 Å². The summed E-state index contributed by atoms with van der Waals surface area (Å²) in [6, 6.07) is 2.04. The minimum absolute atomic E-state index is 0.0284. The Bertz CT molecular complexity index is 675. The van der Waals surface area contributed by atoms with Crippen molar-refractivity contribution in [2.75, 3.05) is 12.3 Å². The summed E-state index contributed by atoms with van der Waals surface area (Å²) in [5, 5.41) is 0.240. The molecule has 21 heavy (non-hydrogen) atoms. The third kappa shape index (κ3) is 3.00. The molecule has 1 aliphatic rings. The largest absolute Gasteiger partial charge is 0.398 e. The topological polar surface area (TPSA) is 106 Å². The van der Waals surface area contributed by atoms with Gasteiger partial charge in [0.2, 0.25) is 15.9 Å². The summed E-state index contributed by atoms with van der Waals surface area (Å²) in [6.07, 6.45) is 1.90. The molecule has 116 valence electrons. The summed E-state index contributed by atoms with van der Waals surface area (Å²) < 4.78 is 26.8. The number of halogens is 1. The molecule has 8 heteroatoms. The summed E-state index contributed by atoms with van der Waals surface area (Å²) in [4.78, 5) is 11.6. The zero-order valence-electron chi connectivity index (χ0n) is 11.7. The van der Waals surface area contributed by atoms with Crippen LogP contribution in [0.5, 0.6) is 0 Å². The minimum atomic E-state index is -3.86. The van der Waals surface area contributed by atoms with Gasteiger partial charge in [-0.15, -0.1) is 0 Å². The molecule has 0 saturated carbocycles. The van der Waals surface area contributed by atoms with Gasteiger partial charge in [-0.3, -0.25) is 4.79 Å². The second-order valence-corrected chi connectivity index (χ2v) is 7.44. The third-order valence-corrected chi connectivity index (χ3v) is 5.99. The second kappa shape index (κ2) is 5.82. The average molecular weight is 332 g/mol. The van der Waals surface area contributed by atoms with Crippen LogP contribution in [0, 0.1) is 6.92 Å². The van der Waals surface area contributed by atoms with Gasteiger partial charge in [0, 0.05) is 17.3 Å². The van der Waals surface area contributed by atoms with Crippen LogP contribution in [0.4, 0.5) is 5.69 Å². The van der Waals surface area contributed by atoms with Crippen molar-refractivity contribution in [1.29, 1.82) is 0 Å². The molecule has 1 amide bonds. The molecular formula is C13H18ClN3O3S. The molecule has 1 atom stereocenters. The van der Waals surface area contributed by atoms with E-state index in [9.17, 15) is 13.2 Å². The summed E-state index contributed by atoms with van der Waals surface area (Å²) in [6.45, 7) is 1.88. The lowest BCUT2D eigenvalue weighted by Gasteiger charge is -2.33. The highest BCUT2D eigenvalue weighted by Crippen LogP contribution is 2.31. The number of primary amides is 1. The highest BCUT2D eigenvalue weighted by molar-refractivity contribution is 7.89. The van der Waals surface area contributed by atoms with E-state index in [2.05, 4.69) is 0 Å². The molecule has 1 aromatic carbocycles. The number of nitrogen functional groups attached to an aromatic ring is 1. The van der Waals surface area contributed by atoms with E-state index in [1.54, 1.807) is 6.92 Å². The lowest BCUT2D eigenvalue weighted by Crippen LogP contribution is -2.50. The fourth-order valence-electron chi connectivity index (χ4n) is 2.55. The van der Waals surface area contributed by atoms with Crippen molar-refractivity contribution < 1.29 is 13.2 Å². The molecule has 1 fully saturated rings. The number of hydrogen-bond donors (Lipinski definition) is 2. The van der Waals surface area contributed by atoms with Gasteiger partial charge in [-0.05, 0) is 37.5 Å². The van der Waals surface area contributed by atoms with Crippen molar-refractivity contribution in [2.45, 2.75) is 37.1 Å². The predicted octanol–water partition coefficient (Wildman–Crippen LogP) is 1.26. The van der Waals surface area contributed by atoms with Gasteiger partial charge >= 0.3 is 0 Å². The normalized spacial score (nSPS) is 20.4. The number of hydrogen-bond acceptors (Lipinski definition) is 4. The summed E-state index contributed by atoms with van der Waals surface area (Å²) in [7, 11) is -3.86. The molecule has 6 nitrogen and oxygen atoms in total. The van der Waals surface area contributed by atoms with E-state index in [1.807, 2.05) is 0 Å². The molecule has 1 saturated heterocycles. The Morgan fingerprint density at radius 1 is 1.38 bits per heavy atom. The number of benzene rings is 1. The first kappa shape index (κ1) is 16.1. The SMILES string of the molecule is Cc1c(N)cc(Cl)cc1S(=O)(=O)N1CCCCC1C(N)=O. The lowest BCUT2D eigenvalue weighted by atomic mass is 10.0. The van der Waals surface area contributed by atoms with Crippen molar-refractivity contribution in [3.8, 4) is 0 Å². The number of rotatable bonds is 3. The van der Waals surface area contributed by atoms with E-state index >= 15 is 0 Å². The number of nitrogens with two attached hydrogens (primary N) is 2. The fraction of sp³-hybridized carbons (Fsp3) is 0.462. The van der Waals surface area contributed by atoms with Crippen molar-refractivity contribution >= 4 is 33.2 Å². The number of anilines is 1. The molecule has 1 heterocycles. The summed E-state index contributed by atoms with van der Waals surface area (Å²) in [5.74, 6) is -0.633. The third-order valence-electron chi connectivity index (χ3n) is 3.73. The number of piperidine rings is 1. The first-order valence-electron chi connectivity index (χ1n) is 6.62. The number of carbonyl (C=O) groups excluding carboxylic acids is 1. The van der Waals surface area contributed by atoms with Gasteiger partial charge in [0.05, 0.1) is 4.90 Å². The fourth-order valence-corrected chi connectivity index (χ4v) is 4.78. The molecule has 0 radical (unpaired) electrons. The first-order valence-corrected chi connectivity index (χ1v) is 8.43. The quantitative estimate of drug-likeness (QED) is 0.813. The molecule has 1 aromatic rings. The van der Waals surface area contributed by atoms with Crippen molar-refractivity contribution in [2.24, 2.45) is 5.73 Å². The van der Waals surface area contributed by atoms with E-state index < -0.39 is 22.0 Å². The molecule has 4 N–H and O–H groups in total. The molecule has 2 rings (SSSR count). The van der Waals surface area contributed by atoms with Gasteiger partial charge in [0.25, 0.3) is 0 Å². The monoisotopic (exact) mass is 331 g/mol. The van der Waals surface area contributed by atoms with Gasteiger partial charge in [0.15, 0.2) is 0 Å². The Balaban J connectivity index is 2.53. The molecule has 0 bridgehead atoms. The van der Waals surface area contributed by atoms with Crippen LogP contribution in [-0.4, -0.2) is 31.2 Å². The van der Waals surface area contributed by atoms with E-state index in [0.717, 1.165) is 10.7 Å². The number of nitrogens with zero attached hydrogens (tertiary/aromatic N) is 1. The maximum atomic E-state index is 12.8. The van der Waals surface area contributed by atoms with Crippen LogP contribution in [0.1, 0.15) is 24.8 Å². The minimum Gasteiger partial charge on any atom is -0.398 e. The maximum Gasteiger partial charge on any atom is 0.244 e. The summed E-state index contributed by atoms with van der Waals surface area (Å²) >= 11 is 5.91. The lowest BCUT2D eigenvalue weighted by molar-refractivity contribution is -0.122. The van der Waals surface area contributed by atoms with Crippen LogP contribution >= 0.6 is 11.6 Å². The smallest absolute Gasteiger partial charge is 0.244 e. The van der Waals surface area contributed by atoms with Crippen LogP contribution in [0.15, 0.2) is 17.0 Å². The van der Waals surface area contributed by atoms with Gasteiger partial charge in [-0.1, -0.05) is 18.0 Å². The van der Waals surface area contributed by atoms with Gasteiger partial charge in [-0.25, -0.2) is 8.42 Å². The number of sulfonamides is 1. The Morgan fingerprint density at radius 2 is 2.05 bits per heavy atom. The van der Waals surface area contributed by atoms with E-state index in [4.69, 9.17) is 23.1 Å². The first-order chi connectivity index (χ1) is 9.75. The van der Waals surface area contributed by atoms with E-state index in [-0.39, 0.29) is 16.5 Å². The van der Waals surface area contributed by atoms with Crippen LogP contribution < -0.4 is 11.5 Å². The molecule has 0 spiro atoms. The Kier molecular flexibility index (Phi) is 4.46. The highest BCUT2D eigenvalue weighted by Gasteiger charge is 2.37. The molecule has 1 unspecified atom stereocenters. The number of carbonyl (C=O) groups is 1. The predicted molar refractivity (Wildman–Crippen MR) is 81.3 cm³/mol. The van der Waals surface area contributed by atoms with Crippen LogP contribution in [0.2, 0.25) is 5.02 Å². The average Bonchev–Trinajstić information content (AvgIpc) is 2.42. The second-order valence-electron chi connectivity index (χ2n) is 5.15.